The first kappa shape index (κ1) is 27.0. The van der Waals surface area contributed by atoms with Crippen molar-refractivity contribution in [1.82, 2.24) is 19.5 Å². The summed E-state index contributed by atoms with van der Waals surface area (Å²) in [5.41, 5.74) is 0.573. The molecule has 2 aromatic heterocycles. The molecular formula is C26H28F3N5O5S. The Bertz CT molecular complexity index is 1590. The van der Waals surface area contributed by atoms with Gasteiger partial charge in [0.25, 0.3) is 0 Å². The fourth-order valence-electron chi connectivity index (χ4n) is 6.17. The lowest BCUT2D eigenvalue weighted by molar-refractivity contribution is -0.138. The van der Waals surface area contributed by atoms with Crippen LogP contribution in [-0.2, 0) is 33.7 Å². The van der Waals surface area contributed by atoms with Crippen LogP contribution in [-0.4, -0.2) is 89.9 Å². The van der Waals surface area contributed by atoms with Gasteiger partial charge in [0.2, 0.25) is 0 Å². The van der Waals surface area contributed by atoms with Crippen molar-refractivity contribution in [2.45, 2.75) is 26.1 Å². The Hall–Kier alpha value is -3.23. The second kappa shape index (κ2) is 9.42. The molecule has 0 amide bonds. The summed E-state index contributed by atoms with van der Waals surface area (Å²) in [4.78, 5) is 20.9. The molecule has 0 atom stereocenters. The normalized spacial score (nSPS) is 20.4. The van der Waals surface area contributed by atoms with E-state index in [0.29, 0.717) is 68.7 Å². The Kier molecular flexibility index (Phi) is 6.35. The van der Waals surface area contributed by atoms with Crippen LogP contribution in [0.1, 0.15) is 38.4 Å². The lowest BCUT2D eigenvalue weighted by atomic mass is 9.83. The number of fused-ring (bicyclic) bond motifs is 1. The van der Waals surface area contributed by atoms with Crippen LogP contribution in [0, 0.1) is 12.3 Å². The molecule has 0 saturated carbocycles. The van der Waals surface area contributed by atoms with Crippen LogP contribution in [0.15, 0.2) is 24.3 Å². The first-order valence-corrected chi connectivity index (χ1v) is 14.7. The first-order chi connectivity index (χ1) is 18.8. The van der Waals surface area contributed by atoms with E-state index in [2.05, 4.69) is 4.98 Å². The zero-order valence-electron chi connectivity index (χ0n) is 21.7. The SMILES string of the molecule is Cc1c(Cc2c(CN3CC4(C3)CS(=O)(=O)C4)nc3c(C(=O)O)cc(N4CCOCC4)nn23)cccc1C(F)(F)F. The van der Waals surface area contributed by atoms with Gasteiger partial charge in [0.05, 0.1) is 41.7 Å². The Morgan fingerprint density at radius 2 is 1.88 bits per heavy atom. The van der Waals surface area contributed by atoms with Gasteiger partial charge in [-0.3, -0.25) is 4.90 Å². The number of halogens is 3. The maximum absolute atomic E-state index is 13.7. The number of carboxylic acids is 1. The molecule has 5 heterocycles. The van der Waals surface area contributed by atoms with Gasteiger partial charge in [-0.15, -0.1) is 5.10 Å². The predicted molar refractivity (Wildman–Crippen MR) is 138 cm³/mol. The molecule has 1 spiro atoms. The zero-order valence-corrected chi connectivity index (χ0v) is 22.6. The fourth-order valence-corrected chi connectivity index (χ4v) is 8.31. The van der Waals surface area contributed by atoms with Crippen molar-refractivity contribution < 1.29 is 36.2 Å². The van der Waals surface area contributed by atoms with Crippen molar-refractivity contribution in [2.75, 3.05) is 55.8 Å². The number of nitrogens with zero attached hydrogens (tertiary/aromatic N) is 5. The number of anilines is 1. The molecule has 3 aliphatic rings. The second-order valence-electron chi connectivity index (χ2n) is 11.0. The summed E-state index contributed by atoms with van der Waals surface area (Å²) < 4.78 is 71.4. The third kappa shape index (κ3) is 4.81. The minimum absolute atomic E-state index is 0.0538. The summed E-state index contributed by atoms with van der Waals surface area (Å²) in [5.74, 6) is -0.485. The van der Waals surface area contributed by atoms with E-state index < -0.39 is 27.5 Å². The molecule has 0 unspecified atom stereocenters. The molecule has 3 aliphatic heterocycles. The van der Waals surface area contributed by atoms with Crippen LogP contribution in [0.4, 0.5) is 19.0 Å². The van der Waals surface area contributed by atoms with Gasteiger partial charge in [-0.25, -0.2) is 22.7 Å². The smallest absolute Gasteiger partial charge is 0.416 e. The monoisotopic (exact) mass is 579 g/mol. The number of sulfone groups is 1. The predicted octanol–water partition coefficient (Wildman–Crippen LogP) is 2.41. The van der Waals surface area contributed by atoms with Crippen LogP contribution in [0.2, 0.25) is 0 Å². The molecule has 6 rings (SSSR count). The fraction of sp³-hybridized carbons (Fsp3) is 0.500. The maximum atomic E-state index is 13.7. The van der Waals surface area contributed by atoms with Gasteiger partial charge >= 0.3 is 12.1 Å². The molecule has 0 radical (unpaired) electrons. The van der Waals surface area contributed by atoms with Gasteiger partial charge in [-0.1, -0.05) is 12.1 Å². The topological polar surface area (TPSA) is 117 Å². The number of ether oxygens (including phenoxy) is 1. The van der Waals surface area contributed by atoms with E-state index in [0.717, 1.165) is 6.07 Å². The first-order valence-electron chi connectivity index (χ1n) is 12.9. The van der Waals surface area contributed by atoms with E-state index >= 15 is 0 Å². The Labute approximate surface area is 228 Å². The molecule has 40 heavy (non-hydrogen) atoms. The van der Waals surface area contributed by atoms with Crippen LogP contribution >= 0.6 is 0 Å². The molecule has 0 bridgehead atoms. The van der Waals surface area contributed by atoms with E-state index in [-0.39, 0.29) is 40.1 Å². The molecule has 14 heteroatoms. The second-order valence-corrected chi connectivity index (χ2v) is 13.1. The van der Waals surface area contributed by atoms with Gasteiger partial charge in [0.1, 0.15) is 5.56 Å². The van der Waals surface area contributed by atoms with Gasteiger partial charge < -0.3 is 14.7 Å². The van der Waals surface area contributed by atoms with E-state index in [4.69, 9.17) is 9.84 Å². The summed E-state index contributed by atoms with van der Waals surface area (Å²) in [6, 6.07) is 5.49. The van der Waals surface area contributed by atoms with Crippen molar-refractivity contribution in [1.29, 1.82) is 0 Å². The largest absolute Gasteiger partial charge is 0.478 e. The van der Waals surface area contributed by atoms with E-state index in [1.165, 1.54) is 23.6 Å². The number of carboxylic acid groups (broad SMARTS) is 1. The molecule has 3 saturated heterocycles. The van der Waals surface area contributed by atoms with Crippen LogP contribution in [0.5, 0.6) is 0 Å². The Morgan fingerprint density at radius 3 is 2.50 bits per heavy atom. The van der Waals surface area contributed by atoms with Crippen LogP contribution in [0.3, 0.4) is 0 Å². The zero-order chi connectivity index (χ0) is 28.4. The Balaban J connectivity index is 1.43. The van der Waals surface area contributed by atoms with Gasteiger partial charge in [-0.05, 0) is 24.1 Å². The lowest BCUT2D eigenvalue weighted by Gasteiger charge is -2.54. The number of aromatic carboxylic acids is 1. The van der Waals surface area contributed by atoms with Gasteiger partial charge in [-0.2, -0.15) is 13.2 Å². The molecule has 1 N–H and O–H groups in total. The summed E-state index contributed by atoms with van der Waals surface area (Å²) >= 11 is 0. The van der Waals surface area contributed by atoms with Crippen LogP contribution < -0.4 is 4.90 Å². The number of likely N-dealkylation sites (tertiary alicyclic amines) is 1. The third-order valence-corrected chi connectivity index (χ3v) is 10.1. The number of alkyl halides is 3. The number of rotatable bonds is 6. The summed E-state index contributed by atoms with van der Waals surface area (Å²) in [6.45, 7) is 4.78. The van der Waals surface area contributed by atoms with Crippen LogP contribution in [0.25, 0.3) is 5.65 Å². The van der Waals surface area contributed by atoms with Crippen molar-refractivity contribution in [2.24, 2.45) is 5.41 Å². The molecule has 3 aromatic rings. The standard InChI is InChI=1S/C26H28F3N5O5S/c1-16-17(3-2-4-19(16)26(27,28)29)9-21-20(11-32-12-25(13-32)14-40(37,38)15-25)30-23-18(24(35)36)10-22(31-34(21)23)33-5-7-39-8-6-33/h2-4,10H,5-9,11-15H2,1H3,(H,35,36). The van der Waals surface area contributed by atoms with Crippen molar-refractivity contribution >= 4 is 27.3 Å². The van der Waals surface area contributed by atoms with Crippen molar-refractivity contribution in [3.05, 3.63) is 57.9 Å². The average Bonchev–Trinajstić information content (AvgIpc) is 3.19. The third-order valence-electron chi connectivity index (χ3n) is 7.97. The van der Waals surface area contributed by atoms with Crippen molar-refractivity contribution in [3.63, 3.8) is 0 Å². The minimum atomic E-state index is -4.52. The number of aromatic nitrogens is 3. The highest BCUT2D eigenvalue weighted by Crippen LogP contribution is 2.42. The maximum Gasteiger partial charge on any atom is 0.416 e. The highest BCUT2D eigenvalue weighted by molar-refractivity contribution is 7.92. The number of imidazole rings is 1. The quantitative estimate of drug-likeness (QED) is 0.470. The number of benzene rings is 1. The molecule has 3 fully saturated rings. The lowest BCUT2D eigenvalue weighted by Crippen LogP contribution is -2.67. The summed E-state index contributed by atoms with van der Waals surface area (Å²) in [5, 5.41) is 14.8. The summed E-state index contributed by atoms with van der Waals surface area (Å²) in [6.07, 6.45) is -4.46. The molecule has 1 aromatic carbocycles. The Morgan fingerprint density at radius 1 is 1.18 bits per heavy atom. The summed E-state index contributed by atoms with van der Waals surface area (Å²) in [7, 11) is -2.99. The van der Waals surface area contributed by atoms with E-state index in [1.807, 2.05) is 9.80 Å². The van der Waals surface area contributed by atoms with E-state index in [9.17, 15) is 31.5 Å². The molecule has 0 aliphatic carbocycles. The molecule has 214 valence electrons. The van der Waals surface area contributed by atoms with Gasteiger partial charge in [0, 0.05) is 50.6 Å². The number of carbonyl (C=O) groups is 1. The highest BCUT2D eigenvalue weighted by atomic mass is 32.2. The highest BCUT2D eigenvalue weighted by Gasteiger charge is 2.55. The molecular weight excluding hydrogens is 551 g/mol. The van der Waals surface area contributed by atoms with Gasteiger partial charge in [0.15, 0.2) is 21.3 Å². The number of hydrogen-bond acceptors (Lipinski definition) is 8. The average molecular weight is 580 g/mol. The number of morpholine rings is 1. The van der Waals surface area contributed by atoms with E-state index in [1.54, 1.807) is 6.07 Å². The molecule has 10 nitrogen and oxygen atoms in total. The van der Waals surface area contributed by atoms with Crippen molar-refractivity contribution in [3.8, 4) is 0 Å². The number of hydrogen-bond donors (Lipinski definition) is 1. The minimum Gasteiger partial charge on any atom is -0.478 e.